The molecule has 0 aromatic heterocycles. The molecular formula is C38H60O7P2. The highest BCUT2D eigenvalue weighted by atomic mass is 31.3. The average Bonchev–Trinajstić information content (AvgIpc) is 2.95. The van der Waals surface area contributed by atoms with Crippen molar-refractivity contribution >= 4 is 15.6 Å². The van der Waals surface area contributed by atoms with E-state index in [9.17, 15) is 18.9 Å². The van der Waals surface area contributed by atoms with Crippen molar-refractivity contribution in [2.45, 2.75) is 107 Å². The van der Waals surface area contributed by atoms with Gasteiger partial charge in [-0.25, -0.2) is 9.13 Å². The molecular weight excluding hydrogens is 630 g/mol. The average molecular weight is 691 g/mol. The van der Waals surface area contributed by atoms with Gasteiger partial charge in [0.1, 0.15) is 0 Å². The summed E-state index contributed by atoms with van der Waals surface area (Å²) in [5.74, 6) is 0. The van der Waals surface area contributed by atoms with Gasteiger partial charge in [-0.2, -0.15) is 4.31 Å². The van der Waals surface area contributed by atoms with Crippen LogP contribution in [0.15, 0.2) is 119 Å². The first-order valence-electron chi connectivity index (χ1n) is 16.3. The molecule has 0 bridgehead atoms. The van der Waals surface area contributed by atoms with E-state index in [1.807, 2.05) is 24.3 Å². The van der Waals surface area contributed by atoms with Crippen LogP contribution < -0.4 is 0 Å². The molecule has 0 saturated carbocycles. The van der Waals surface area contributed by atoms with Crippen LogP contribution >= 0.6 is 15.6 Å². The van der Waals surface area contributed by atoms with Gasteiger partial charge in [0.05, 0.1) is 13.2 Å². The smallest absolute Gasteiger partial charge is 0.302 e. The Bertz CT molecular complexity index is 1220. The molecule has 2 N–H and O–H groups in total. The summed E-state index contributed by atoms with van der Waals surface area (Å²) in [7, 11) is -9.62. The van der Waals surface area contributed by atoms with Crippen LogP contribution in [0.5, 0.6) is 0 Å². The maximum Gasteiger partial charge on any atom is 0.484 e. The zero-order chi connectivity index (χ0) is 35.6. The Balaban J connectivity index is 4.69. The van der Waals surface area contributed by atoms with E-state index in [2.05, 4.69) is 84.0 Å². The third kappa shape index (κ3) is 30.7. The van der Waals surface area contributed by atoms with E-state index in [1.165, 1.54) is 33.4 Å². The fourth-order valence-electron chi connectivity index (χ4n) is 3.96. The molecule has 47 heavy (non-hydrogen) atoms. The standard InChI is InChI=1S/C38H60O7P2/c1-33(2)21-17-25-37(7)29-19-27-35(5)23-13-9-11-15-31-43-47(42,45-46(39,40)41)44-32-16-12-10-14-24-36(6)28-20-30-38(8)26-18-22-34(3)4/h9-16,21-24,29-30H,17-20,25-28,31-32H2,1-8H3,(H2,39,40,41)/b13-9+,14-10+,15-11+,16-12+,35-23-,36-24-,37-29+,38-30+. The third-order valence-electron chi connectivity index (χ3n) is 6.59. The van der Waals surface area contributed by atoms with Crippen molar-refractivity contribution in [2.75, 3.05) is 13.2 Å². The molecule has 0 saturated heterocycles. The molecule has 9 heteroatoms. The third-order valence-corrected chi connectivity index (χ3v) is 9.17. The second-order valence-electron chi connectivity index (χ2n) is 12.1. The Morgan fingerprint density at radius 1 is 0.511 bits per heavy atom. The minimum absolute atomic E-state index is 0.223. The van der Waals surface area contributed by atoms with Crippen molar-refractivity contribution in [3.8, 4) is 0 Å². The molecule has 0 rings (SSSR count). The largest absolute Gasteiger partial charge is 0.484 e. The minimum Gasteiger partial charge on any atom is -0.302 e. The SMILES string of the molecule is CC(C)=CCC/C(C)=C/CC\C(C)=C/C=C/C=C/COP(=O)(OC/C=C/C=C/C=C(/C)CC/C=C(\C)CCC=C(C)C)OP(=O)(O)O. The number of phosphoric acid groups is 2. The highest BCUT2D eigenvalue weighted by molar-refractivity contribution is 7.61. The van der Waals surface area contributed by atoms with Crippen LogP contribution in [0.25, 0.3) is 0 Å². The number of allylic oxidation sites excluding steroid dienone is 18. The fourth-order valence-corrected chi connectivity index (χ4v) is 5.99. The van der Waals surface area contributed by atoms with Crippen LogP contribution in [0.2, 0.25) is 0 Å². The normalized spacial score (nSPS) is 15.4. The summed E-state index contributed by atoms with van der Waals surface area (Å²) >= 11 is 0. The Kier molecular flexibility index (Phi) is 25.3. The summed E-state index contributed by atoms with van der Waals surface area (Å²) in [6.07, 6.45) is 35.2. The van der Waals surface area contributed by atoms with Gasteiger partial charge in [-0.05, 0) is 107 Å². The van der Waals surface area contributed by atoms with Crippen LogP contribution in [0.1, 0.15) is 107 Å². The van der Waals surface area contributed by atoms with Crippen LogP contribution in [0, 0.1) is 0 Å². The summed E-state index contributed by atoms with van der Waals surface area (Å²) in [6.45, 7) is 16.5. The van der Waals surface area contributed by atoms with Gasteiger partial charge in [0.25, 0.3) is 0 Å². The first kappa shape index (κ1) is 44.7. The summed E-state index contributed by atoms with van der Waals surface area (Å²) in [5.41, 5.74) is 7.99. The molecule has 0 aliphatic rings. The van der Waals surface area contributed by atoms with Crippen molar-refractivity contribution in [2.24, 2.45) is 0 Å². The number of rotatable bonds is 24. The van der Waals surface area contributed by atoms with E-state index in [0.717, 1.165) is 51.4 Å². The first-order chi connectivity index (χ1) is 22.1. The lowest BCUT2D eigenvalue weighted by Crippen LogP contribution is -1.99. The summed E-state index contributed by atoms with van der Waals surface area (Å²) in [5, 5.41) is 0. The van der Waals surface area contributed by atoms with Crippen molar-refractivity contribution in [3.63, 3.8) is 0 Å². The molecule has 0 radical (unpaired) electrons. The first-order valence-corrected chi connectivity index (χ1v) is 19.3. The molecule has 0 atom stereocenters. The maximum atomic E-state index is 12.8. The predicted octanol–water partition coefficient (Wildman–Crippen LogP) is 12.3. The maximum absolute atomic E-state index is 12.8. The predicted molar refractivity (Wildman–Crippen MR) is 200 cm³/mol. The highest BCUT2D eigenvalue weighted by Crippen LogP contribution is 2.61. The number of phosphoric ester groups is 1. The van der Waals surface area contributed by atoms with Crippen molar-refractivity contribution in [1.82, 2.24) is 0 Å². The van der Waals surface area contributed by atoms with Gasteiger partial charge < -0.3 is 9.79 Å². The Morgan fingerprint density at radius 2 is 0.872 bits per heavy atom. The Hall–Kier alpha value is -2.34. The molecule has 0 aromatic carbocycles. The van der Waals surface area contributed by atoms with E-state index in [0.29, 0.717) is 0 Å². The van der Waals surface area contributed by atoms with Crippen LogP contribution in [0.3, 0.4) is 0 Å². The molecule has 0 amide bonds. The molecule has 0 aliphatic heterocycles. The van der Waals surface area contributed by atoms with Crippen molar-refractivity contribution < 1.29 is 32.3 Å². The lowest BCUT2D eigenvalue weighted by Gasteiger charge is -2.16. The molecule has 0 aromatic rings. The monoisotopic (exact) mass is 690 g/mol. The molecule has 264 valence electrons. The van der Waals surface area contributed by atoms with E-state index in [4.69, 9.17) is 9.05 Å². The van der Waals surface area contributed by atoms with E-state index in [-0.39, 0.29) is 13.2 Å². The zero-order valence-corrected chi connectivity index (χ0v) is 31.8. The summed E-state index contributed by atoms with van der Waals surface area (Å²) < 4.78 is 38.7. The van der Waals surface area contributed by atoms with Crippen molar-refractivity contribution in [3.05, 3.63) is 119 Å². The molecule has 0 spiro atoms. The van der Waals surface area contributed by atoms with Crippen molar-refractivity contribution in [1.29, 1.82) is 0 Å². The van der Waals surface area contributed by atoms with E-state index < -0.39 is 15.6 Å². The Labute approximate surface area is 285 Å². The van der Waals surface area contributed by atoms with E-state index in [1.54, 1.807) is 36.5 Å². The van der Waals surface area contributed by atoms with Gasteiger partial charge in [-0.1, -0.05) is 119 Å². The highest BCUT2D eigenvalue weighted by Gasteiger charge is 2.35. The number of hydrogen-bond donors (Lipinski definition) is 2. The Morgan fingerprint density at radius 3 is 1.23 bits per heavy atom. The van der Waals surface area contributed by atoms with E-state index >= 15 is 0 Å². The molecule has 7 nitrogen and oxygen atoms in total. The van der Waals surface area contributed by atoms with Crippen LogP contribution in [-0.2, 0) is 22.5 Å². The fraction of sp³-hybridized carbons (Fsp3) is 0.474. The number of hydrogen-bond acceptors (Lipinski definition) is 5. The van der Waals surface area contributed by atoms with Crippen LogP contribution in [0.4, 0.5) is 0 Å². The van der Waals surface area contributed by atoms with Gasteiger partial charge in [0, 0.05) is 0 Å². The second-order valence-corrected chi connectivity index (χ2v) is 15.1. The lowest BCUT2D eigenvalue weighted by molar-refractivity contribution is 0.160. The van der Waals surface area contributed by atoms with Gasteiger partial charge in [-0.15, -0.1) is 0 Å². The van der Waals surface area contributed by atoms with Gasteiger partial charge in [-0.3, -0.25) is 9.05 Å². The molecule has 0 unspecified atom stereocenters. The van der Waals surface area contributed by atoms with Gasteiger partial charge in [0.2, 0.25) is 0 Å². The van der Waals surface area contributed by atoms with Gasteiger partial charge >= 0.3 is 15.6 Å². The second kappa shape index (κ2) is 26.6. The molecule has 0 heterocycles. The molecule has 0 fully saturated rings. The van der Waals surface area contributed by atoms with Gasteiger partial charge in [0.15, 0.2) is 0 Å². The minimum atomic E-state index is -5.11. The summed E-state index contributed by atoms with van der Waals surface area (Å²) in [6, 6.07) is 0. The molecule has 0 aliphatic carbocycles. The topological polar surface area (TPSA) is 102 Å². The quantitative estimate of drug-likeness (QED) is 0.0590. The lowest BCUT2D eigenvalue weighted by atomic mass is 10.1. The zero-order valence-electron chi connectivity index (χ0n) is 30.0. The summed E-state index contributed by atoms with van der Waals surface area (Å²) in [4.78, 5) is 18.4. The van der Waals surface area contributed by atoms with Crippen LogP contribution in [-0.4, -0.2) is 23.0 Å².